The lowest BCUT2D eigenvalue weighted by atomic mass is 10.1. The van der Waals surface area contributed by atoms with Crippen molar-refractivity contribution >= 4 is 32.5 Å². The number of anilines is 2. The van der Waals surface area contributed by atoms with Crippen LogP contribution in [0.5, 0.6) is 0 Å². The molecule has 4 rings (SSSR count). The van der Waals surface area contributed by atoms with Gasteiger partial charge >= 0.3 is 0 Å². The van der Waals surface area contributed by atoms with E-state index in [4.69, 9.17) is 10.5 Å². The van der Waals surface area contributed by atoms with Crippen LogP contribution in [-0.4, -0.2) is 48.7 Å². The third-order valence-corrected chi connectivity index (χ3v) is 6.65. The number of benzene rings is 1. The Labute approximate surface area is 167 Å². The van der Waals surface area contributed by atoms with Gasteiger partial charge in [-0.15, -0.1) is 0 Å². The van der Waals surface area contributed by atoms with Crippen LogP contribution in [-0.2, 0) is 14.6 Å². The second kappa shape index (κ2) is 6.67. The molecule has 2 aromatic heterocycles. The summed E-state index contributed by atoms with van der Waals surface area (Å²) in [5.41, 5.74) is 6.32. The minimum Gasteiger partial charge on any atom is -0.384 e. The van der Waals surface area contributed by atoms with Crippen LogP contribution in [0.25, 0.3) is 11.0 Å². The molecule has 1 aromatic carbocycles. The number of H-pyrrole nitrogens is 1. The quantitative estimate of drug-likeness (QED) is 0.670. The van der Waals surface area contributed by atoms with Gasteiger partial charge in [-0.25, -0.2) is 22.8 Å². The molecule has 0 bridgehead atoms. The number of nitrogen functional groups attached to an aromatic ring is 1. The average molecular weight is 419 g/mol. The van der Waals surface area contributed by atoms with Crippen LogP contribution in [0.4, 0.5) is 16.0 Å². The summed E-state index contributed by atoms with van der Waals surface area (Å²) in [6.45, 7) is 7.34. The maximum Gasteiger partial charge on any atom is 0.212 e. The number of nitrogens with two attached hydrogens (primary N) is 1. The standard InChI is InChI=1S/C19H22FN5O3S/c1-11-22-14-15(18(23-11)25-7-8-28-19(2,3)10-25)24-17(21)16(14)29(26,27)13-6-4-5-12(20)9-13/h4-6,9,24H,7-8,10,21H2,1-3H3. The summed E-state index contributed by atoms with van der Waals surface area (Å²) in [6, 6.07) is 4.82. The number of aromatic amines is 1. The average Bonchev–Trinajstić information content (AvgIpc) is 2.96. The Morgan fingerprint density at radius 2 is 2.07 bits per heavy atom. The third kappa shape index (κ3) is 3.42. The number of hydrogen-bond donors (Lipinski definition) is 2. The Bertz CT molecular complexity index is 1210. The molecule has 29 heavy (non-hydrogen) atoms. The molecule has 0 saturated carbocycles. The molecule has 0 unspecified atom stereocenters. The van der Waals surface area contributed by atoms with Gasteiger partial charge in [-0.2, -0.15) is 0 Å². The van der Waals surface area contributed by atoms with E-state index in [0.29, 0.717) is 36.9 Å². The number of hydrogen-bond acceptors (Lipinski definition) is 7. The van der Waals surface area contributed by atoms with Crippen molar-refractivity contribution in [1.82, 2.24) is 15.0 Å². The minimum atomic E-state index is -4.09. The normalized spacial score (nSPS) is 17.0. The second-order valence-electron chi connectivity index (χ2n) is 7.68. The number of fused-ring (bicyclic) bond motifs is 1. The number of aromatic nitrogens is 3. The Balaban J connectivity index is 1.92. The highest BCUT2D eigenvalue weighted by Gasteiger charge is 2.32. The minimum absolute atomic E-state index is 0.0575. The fraction of sp³-hybridized carbons (Fsp3) is 0.368. The van der Waals surface area contributed by atoms with E-state index in [9.17, 15) is 12.8 Å². The molecule has 1 aliphatic heterocycles. The lowest BCUT2D eigenvalue weighted by Gasteiger charge is -2.38. The predicted molar refractivity (Wildman–Crippen MR) is 107 cm³/mol. The lowest BCUT2D eigenvalue weighted by molar-refractivity contribution is -0.0278. The van der Waals surface area contributed by atoms with E-state index in [2.05, 4.69) is 15.0 Å². The van der Waals surface area contributed by atoms with Crippen molar-refractivity contribution < 1.29 is 17.5 Å². The molecule has 0 spiro atoms. The predicted octanol–water partition coefficient (Wildman–Crippen LogP) is 2.44. The second-order valence-corrected chi connectivity index (χ2v) is 9.56. The van der Waals surface area contributed by atoms with E-state index in [0.717, 1.165) is 6.07 Å². The van der Waals surface area contributed by atoms with Crippen LogP contribution in [0.15, 0.2) is 34.1 Å². The largest absolute Gasteiger partial charge is 0.384 e. The van der Waals surface area contributed by atoms with Gasteiger partial charge in [0.15, 0.2) is 5.82 Å². The highest BCUT2D eigenvalue weighted by Crippen LogP contribution is 2.36. The van der Waals surface area contributed by atoms with Crippen LogP contribution in [0.3, 0.4) is 0 Å². The summed E-state index contributed by atoms with van der Waals surface area (Å²) in [7, 11) is -4.09. The SMILES string of the molecule is Cc1nc(N2CCOC(C)(C)C2)c2[nH]c(N)c(S(=O)(=O)c3cccc(F)c3)c2n1. The first kappa shape index (κ1) is 19.6. The smallest absolute Gasteiger partial charge is 0.212 e. The van der Waals surface area contributed by atoms with Gasteiger partial charge in [-0.3, -0.25) is 0 Å². The van der Waals surface area contributed by atoms with Crippen LogP contribution >= 0.6 is 0 Å². The summed E-state index contributed by atoms with van der Waals surface area (Å²) in [6.07, 6.45) is 0. The van der Waals surface area contributed by atoms with Gasteiger partial charge in [0.1, 0.15) is 33.4 Å². The molecule has 10 heteroatoms. The zero-order valence-corrected chi connectivity index (χ0v) is 17.2. The maximum atomic E-state index is 13.6. The number of sulfone groups is 1. The first-order chi connectivity index (χ1) is 13.6. The molecule has 3 aromatic rings. The van der Waals surface area contributed by atoms with Gasteiger partial charge < -0.3 is 20.4 Å². The molecular formula is C19H22FN5O3S. The van der Waals surface area contributed by atoms with E-state index < -0.39 is 15.7 Å². The number of aryl methyl sites for hydroxylation is 1. The molecule has 3 N–H and O–H groups in total. The number of halogens is 1. The van der Waals surface area contributed by atoms with Crippen molar-refractivity contribution in [3.8, 4) is 0 Å². The van der Waals surface area contributed by atoms with Gasteiger partial charge in [0.25, 0.3) is 0 Å². The van der Waals surface area contributed by atoms with Gasteiger partial charge in [0, 0.05) is 13.1 Å². The van der Waals surface area contributed by atoms with Crippen molar-refractivity contribution in [3.63, 3.8) is 0 Å². The molecule has 154 valence electrons. The lowest BCUT2D eigenvalue weighted by Crippen LogP contribution is -2.48. The van der Waals surface area contributed by atoms with E-state index in [1.54, 1.807) is 6.92 Å². The van der Waals surface area contributed by atoms with Crippen LogP contribution in [0.1, 0.15) is 19.7 Å². The number of rotatable bonds is 3. The highest BCUT2D eigenvalue weighted by molar-refractivity contribution is 7.92. The summed E-state index contributed by atoms with van der Waals surface area (Å²) >= 11 is 0. The number of ether oxygens (including phenoxy) is 1. The maximum absolute atomic E-state index is 13.6. The first-order valence-electron chi connectivity index (χ1n) is 9.14. The molecule has 1 aliphatic rings. The monoisotopic (exact) mass is 419 g/mol. The topological polar surface area (TPSA) is 114 Å². The van der Waals surface area contributed by atoms with Crippen LogP contribution in [0.2, 0.25) is 0 Å². The van der Waals surface area contributed by atoms with E-state index in [-0.39, 0.29) is 26.7 Å². The fourth-order valence-corrected chi connectivity index (χ4v) is 5.11. The summed E-state index contributed by atoms with van der Waals surface area (Å²) in [5.74, 6) is 0.271. The third-order valence-electron chi connectivity index (χ3n) is 4.82. The van der Waals surface area contributed by atoms with E-state index in [1.165, 1.54) is 18.2 Å². The molecule has 0 radical (unpaired) electrons. The number of nitrogens with zero attached hydrogens (tertiary/aromatic N) is 3. The Morgan fingerprint density at radius 1 is 1.31 bits per heavy atom. The summed E-state index contributed by atoms with van der Waals surface area (Å²) in [4.78, 5) is 13.5. The molecule has 0 aliphatic carbocycles. The molecule has 8 nitrogen and oxygen atoms in total. The Hall–Kier alpha value is -2.72. The fourth-order valence-electron chi connectivity index (χ4n) is 3.61. The van der Waals surface area contributed by atoms with E-state index >= 15 is 0 Å². The van der Waals surface area contributed by atoms with Crippen molar-refractivity contribution in [2.75, 3.05) is 30.3 Å². The number of nitrogens with one attached hydrogen (secondary N) is 1. The van der Waals surface area contributed by atoms with Gasteiger partial charge in [-0.05, 0) is 39.0 Å². The zero-order valence-electron chi connectivity index (χ0n) is 16.4. The molecule has 0 amide bonds. The Kier molecular flexibility index (Phi) is 4.50. The van der Waals surface area contributed by atoms with Crippen LogP contribution < -0.4 is 10.6 Å². The summed E-state index contributed by atoms with van der Waals surface area (Å²) in [5, 5.41) is 0. The van der Waals surface area contributed by atoms with Crippen molar-refractivity contribution in [3.05, 3.63) is 35.9 Å². The molecular weight excluding hydrogens is 397 g/mol. The van der Waals surface area contributed by atoms with Crippen molar-refractivity contribution in [1.29, 1.82) is 0 Å². The van der Waals surface area contributed by atoms with Crippen LogP contribution in [0, 0.1) is 12.7 Å². The summed E-state index contributed by atoms with van der Waals surface area (Å²) < 4.78 is 45.9. The molecule has 1 saturated heterocycles. The van der Waals surface area contributed by atoms with Gasteiger partial charge in [0.2, 0.25) is 9.84 Å². The zero-order chi connectivity index (χ0) is 21.0. The van der Waals surface area contributed by atoms with Gasteiger partial charge in [0.05, 0.1) is 17.1 Å². The molecule has 3 heterocycles. The number of morpholine rings is 1. The van der Waals surface area contributed by atoms with Crippen molar-refractivity contribution in [2.45, 2.75) is 36.2 Å². The first-order valence-corrected chi connectivity index (χ1v) is 10.6. The molecule has 1 fully saturated rings. The highest BCUT2D eigenvalue weighted by atomic mass is 32.2. The van der Waals surface area contributed by atoms with E-state index in [1.807, 2.05) is 18.7 Å². The molecule has 0 atom stereocenters. The van der Waals surface area contributed by atoms with Gasteiger partial charge in [-0.1, -0.05) is 6.07 Å². The Morgan fingerprint density at radius 3 is 2.76 bits per heavy atom. The van der Waals surface area contributed by atoms with Crippen molar-refractivity contribution in [2.24, 2.45) is 0 Å².